The number of hydrogen-bond acceptors (Lipinski definition) is 3. The summed E-state index contributed by atoms with van der Waals surface area (Å²) >= 11 is 0. The molecule has 0 aliphatic carbocycles. The van der Waals surface area contributed by atoms with Crippen LogP contribution in [0.25, 0.3) is 10.8 Å². The van der Waals surface area contributed by atoms with Crippen molar-refractivity contribution in [3.05, 3.63) is 42.0 Å². The zero-order chi connectivity index (χ0) is 15.5. The van der Waals surface area contributed by atoms with E-state index in [-0.39, 0.29) is 0 Å². The van der Waals surface area contributed by atoms with Crippen LogP contribution in [0.4, 0.5) is 4.79 Å². The van der Waals surface area contributed by atoms with E-state index in [1.807, 2.05) is 39.0 Å². The monoisotopic (exact) mass is 286 g/mol. The Hall–Kier alpha value is -2.03. The third kappa shape index (κ3) is 3.97. The van der Waals surface area contributed by atoms with Gasteiger partial charge < -0.3 is 9.47 Å². The van der Waals surface area contributed by atoms with Crippen LogP contribution in [0.1, 0.15) is 39.7 Å². The molecule has 0 aromatic heterocycles. The van der Waals surface area contributed by atoms with Crippen molar-refractivity contribution in [3.8, 4) is 5.75 Å². The third-order valence-corrected chi connectivity index (χ3v) is 3.07. The molecule has 2 aromatic carbocycles. The summed E-state index contributed by atoms with van der Waals surface area (Å²) in [4.78, 5) is 11.8. The first kappa shape index (κ1) is 15.4. The highest BCUT2D eigenvalue weighted by Gasteiger charge is 2.19. The number of hydrogen-bond donors (Lipinski definition) is 0. The molecule has 0 fully saturated rings. The molecule has 112 valence electrons. The summed E-state index contributed by atoms with van der Waals surface area (Å²) in [6, 6.07) is 11.8. The van der Waals surface area contributed by atoms with E-state index in [0.717, 1.165) is 23.6 Å². The smallest absolute Gasteiger partial charge is 0.428 e. The van der Waals surface area contributed by atoms with Gasteiger partial charge in [-0.1, -0.05) is 43.7 Å². The second kappa shape index (κ2) is 6.17. The fourth-order valence-corrected chi connectivity index (χ4v) is 2.28. The number of rotatable bonds is 3. The van der Waals surface area contributed by atoms with E-state index in [1.165, 1.54) is 5.56 Å². The summed E-state index contributed by atoms with van der Waals surface area (Å²) in [5.41, 5.74) is 0.708. The minimum absolute atomic E-state index is 0.541. The summed E-state index contributed by atoms with van der Waals surface area (Å²) in [5.74, 6) is 0.541. The first-order chi connectivity index (χ1) is 9.90. The highest BCUT2D eigenvalue weighted by atomic mass is 16.7. The van der Waals surface area contributed by atoms with Crippen LogP contribution >= 0.6 is 0 Å². The summed E-state index contributed by atoms with van der Waals surface area (Å²) in [7, 11) is 0. The lowest BCUT2D eigenvalue weighted by Gasteiger charge is -2.19. The van der Waals surface area contributed by atoms with Gasteiger partial charge in [-0.2, -0.15) is 0 Å². The first-order valence-electron chi connectivity index (χ1n) is 7.32. The fraction of sp³-hybridized carbons (Fsp3) is 0.389. The molecule has 0 N–H and O–H groups in total. The van der Waals surface area contributed by atoms with Crippen molar-refractivity contribution in [3.63, 3.8) is 0 Å². The van der Waals surface area contributed by atoms with Crippen LogP contribution in [-0.4, -0.2) is 11.8 Å². The molecule has 3 heteroatoms. The van der Waals surface area contributed by atoms with E-state index in [1.54, 1.807) is 6.07 Å². The molecule has 0 atom stereocenters. The lowest BCUT2D eigenvalue weighted by molar-refractivity contribution is 0.0209. The van der Waals surface area contributed by atoms with Gasteiger partial charge in [0.2, 0.25) is 0 Å². The Labute approximate surface area is 125 Å². The maximum atomic E-state index is 11.8. The van der Waals surface area contributed by atoms with Crippen LogP contribution in [0.15, 0.2) is 36.4 Å². The van der Waals surface area contributed by atoms with Crippen LogP contribution in [0, 0.1) is 0 Å². The quantitative estimate of drug-likeness (QED) is 0.581. The van der Waals surface area contributed by atoms with Crippen LogP contribution in [0.2, 0.25) is 0 Å². The van der Waals surface area contributed by atoms with Crippen LogP contribution in [0.5, 0.6) is 5.75 Å². The summed E-state index contributed by atoms with van der Waals surface area (Å²) in [6.45, 7) is 7.60. The van der Waals surface area contributed by atoms with Gasteiger partial charge in [0.1, 0.15) is 11.4 Å². The predicted molar refractivity (Wildman–Crippen MR) is 84.8 cm³/mol. The number of carbonyl (C=O) groups excluding carboxylic acids is 1. The predicted octanol–water partition coefficient (Wildman–Crippen LogP) is 5.11. The average molecular weight is 286 g/mol. The van der Waals surface area contributed by atoms with Crippen molar-refractivity contribution in [1.82, 2.24) is 0 Å². The Bertz CT molecular complexity index is 638. The highest BCUT2D eigenvalue weighted by Crippen LogP contribution is 2.29. The molecule has 21 heavy (non-hydrogen) atoms. The maximum absolute atomic E-state index is 11.8. The molecule has 3 nitrogen and oxygen atoms in total. The largest absolute Gasteiger partial charge is 0.514 e. The molecular weight excluding hydrogens is 264 g/mol. The molecule has 0 saturated carbocycles. The first-order valence-corrected chi connectivity index (χ1v) is 7.32. The Kier molecular flexibility index (Phi) is 4.51. The number of ether oxygens (including phenoxy) is 2. The lowest BCUT2D eigenvalue weighted by Crippen LogP contribution is -2.26. The van der Waals surface area contributed by atoms with Gasteiger partial charge in [-0.3, -0.25) is 0 Å². The van der Waals surface area contributed by atoms with Crippen molar-refractivity contribution in [2.45, 2.75) is 46.1 Å². The molecule has 2 rings (SSSR count). The van der Waals surface area contributed by atoms with Gasteiger partial charge in [0, 0.05) is 5.39 Å². The third-order valence-electron chi connectivity index (χ3n) is 3.07. The van der Waals surface area contributed by atoms with Crippen LogP contribution < -0.4 is 4.74 Å². The van der Waals surface area contributed by atoms with Gasteiger partial charge in [-0.25, -0.2) is 4.79 Å². The standard InChI is InChI=1S/C18H22O3/c1-5-8-13-9-6-11-15-14(13)10-7-12-16(15)20-17(19)21-18(2,3)4/h6-7,9-12H,5,8H2,1-4H3. The molecule has 0 heterocycles. The second-order valence-corrected chi connectivity index (χ2v) is 6.08. The minimum atomic E-state index is -0.670. The molecule has 0 radical (unpaired) electrons. The molecule has 0 spiro atoms. The number of fused-ring (bicyclic) bond motifs is 1. The zero-order valence-corrected chi connectivity index (χ0v) is 13.1. The molecule has 0 aliphatic rings. The van der Waals surface area contributed by atoms with Gasteiger partial charge >= 0.3 is 6.16 Å². The number of aryl methyl sites for hydroxylation is 1. The molecular formula is C18H22O3. The van der Waals surface area contributed by atoms with Crippen molar-refractivity contribution in [2.24, 2.45) is 0 Å². The van der Waals surface area contributed by atoms with E-state index in [4.69, 9.17) is 9.47 Å². The Balaban J connectivity index is 2.33. The van der Waals surface area contributed by atoms with Gasteiger partial charge in [0.05, 0.1) is 0 Å². The Morgan fingerprint density at radius 2 is 1.71 bits per heavy atom. The van der Waals surface area contributed by atoms with Crippen molar-refractivity contribution in [2.75, 3.05) is 0 Å². The number of carbonyl (C=O) groups is 1. The van der Waals surface area contributed by atoms with E-state index < -0.39 is 11.8 Å². The molecule has 0 bridgehead atoms. The SMILES string of the molecule is CCCc1cccc2c(OC(=O)OC(C)(C)C)cccc12. The average Bonchev–Trinajstić information content (AvgIpc) is 2.38. The van der Waals surface area contributed by atoms with Gasteiger partial charge in [0.25, 0.3) is 0 Å². The highest BCUT2D eigenvalue weighted by molar-refractivity contribution is 5.92. The van der Waals surface area contributed by atoms with Crippen molar-refractivity contribution >= 4 is 16.9 Å². The molecule has 0 unspecified atom stereocenters. The maximum Gasteiger partial charge on any atom is 0.514 e. The number of benzene rings is 2. The molecule has 2 aromatic rings. The summed E-state index contributed by atoms with van der Waals surface area (Å²) in [5, 5.41) is 2.06. The van der Waals surface area contributed by atoms with E-state index in [9.17, 15) is 4.79 Å². The van der Waals surface area contributed by atoms with Gasteiger partial charge in [-0.15, -0.1) is 0 Å². The van der Waals surface area contributed by atoms with Crippen molar-refractivity contribution in [1.29, 1.82) is 0 Å². The summed E-state index contributed by atoms with van der Waals surface area (Å²) in [6.07, 6.45) is 1.42. The van der Waals surface area contributed by atoms with Crippen LogP contribution in [0.3, 0.4) is 0 Å². The Morgan fingerprint density at radius 3 is 2.38 bits per heavy atom. The molecule has 0 aliphatic heterocycles. The normalized spacial score (nSPS) is 11.4. The van der Waals surface area contributed by atoms with E-state index in [0.29, 0.717) is 5.75 Å². The Morgan fingerprint density at radius 1 is 1.05 bits per heavy atom. The van der Waals surface area contributed by atoms with Gasteiger partial charge in [-0.05, 0) is 44.2 Å². The second-order valence-electron chi connectivity index (χ2n) is 6.08. The van der Waals surface area contributed by atoms with Crippen molar-refractivity contribution < 1.29 is 14.3 Å². The molecule has 0 saturated heterocycles. The lowest BCUT2D eigenvalue weighted by atomic mass is 10.0. The van der Waals surface area contributed by atoms with Crippen LogP contribution in [-0.2, 0) is 11.2 Å². The van der Waals surface area contributed by atoms with E-state index >= 15 is 0 Å². The topological polar surface area (TPSA) is 35.5 Å². The fourth-order valence-electron chi connectivity index (χ4n) is 2.28. The van der Waals surface area contributed by atoms with E-state index in [2.05, 4.69) is 19.1 Å². The summed E-state index contributed by atoms with van der Waals surface area (Å²) < 4.78 is 10.6. The minimum Gasteiger partial charge on any atom is -0.428 e. The molecule has 0 amide bonds. The van der Waals surface area contributed by atoms with Gasteiger partial charge in [0.15, 0.2) is 0 Å². The zero-order valence-electron chi connectivity index (χ0n) is 13.1.